The Morgan fingerprint density at radius 3 is 2.44 bits per heavy atom. The maximum atomic E-state index is 12.6. The summed E-state index contributed by atoms with van der Waals surface area (Å²) in [6.45, 7) is 1.55. The van der Waals surface area contributed by atoms with E-state index >= 15 is 0 Å². The van der Waals surface area contributed by atoms with Crippen LogP contribution in [0.2, 0.25) is 5.02 Å². The maximum absolute atomic E-state index is 12.6. The van der Waals surface area contributed by atoms with Crippen molar-refractivity contribution in [2.45, 2.75) is 25.4 Å². The van der Waals surface area contributed by atoms with Gasteiger partial charge in [0.2, 0.25) is 0 Å². The van der Waals surface area contributed by atoms with Crippen LogP contribution in [0, 0.1) is 0 Å². The van der Waals surface area contributed by atoms with Crippen molar-refractivity contribution in [3.05, 3.63) is 70.9 Å². The number of carbonyl (C=O) groups is 4. The first-order chi connectivity index (χ1) is 15.2. The summed E-state index contributed by atoms with van der Waals surface area (Å²) in [5.41, 5.74) is 2.51. The molecule has 0 aromatic heterocycles. The number of likely N-dealkylation sites (N-methyl/N-ethyl adjacent to an activating group) is 1. The molecule has 0 radical (unpaired) electrons. The number of carboxylic acids is 1. The number of amides is 3. The predicted octanol–water partition coefficient (Wildman–Crippen LogP) is 3.14. The van der Waals surface area contributed by atoms with Crippen molar-refractivity contribution in [3.63, 3.8) is 0 Å². The van der Waals surface area contributed by atoms with Gasteiger partial charge in [0.05, 0.1) is 12.5 Å². The molecule has 1 aliphatic rings. The van der Waals surface area contributed by atoms with Crippen LogP contribution in [-0.2, 0) is 14.4 Å². The summed E-state index contributed by atoms with van der Waals surface area (Å²) in [4.78, 5) is 49.9. The smallest absolute Gasteiger partial charge is 0.316 e. The number of Topliss-reactive ketones (excluding diaryl/α,β-unsaturated/α-hetero) is 1. The topological polar surface area (TPSA) is 116 Å². The Bertz CT molecular complexity index is 1110. The van der Waals surface area contributed by atoms with Crippen LogP contribution in [0.1, 0.15) is 24.9 Å². The van der Waals surface area contributed by atoms with Gasteiger partial charge in [0.25, 0.3) is 5.91 Å². The van der Waals surface area contributed by atoms with Gasteiger partial charge in [-0.15, -0.1) is 0 Å². The van der Waals surface area contributed by atoms with E-state index in [1.165, 1.54) is 18.1 Å². The van der Waals surface area contributed by atoms with Gasteiger partial charge in [-0.3, -0.25) is 14.4 Å². The van der Waals surface area contributed by atoms with Crippen molar-refractivity contribution >= 4 is 35.3 Å². The fourth-order valence-electron chi connectivity index (χ4n) is 3.45. The number of ketones is 1. The molecule has 3 amide bonds. The fourth-order valence-corrected chi connectivity index (χ4v) is 3.64. The zero-order chi connectivity index (χ0) is 23.4. The molecule has 0 saturated carbocycles. The molecule has 3 rings (SSSR count). The summed E-state index contributed by atoms with van der Waals surface area (Å²) >= 11 is 6.07. The lowest BCUT2D eigenvalue weighted by molar-refractivity contribution is -0.138. The molecule has 166 valence electrons. The molecule has 3 N–H and O–H groups in total. The first-order valence-electron chi connectivity index (χ1n) is 9.79. The molecule has 8 nitrogen and oxygen atoms in total. The lowest BCUT2D eigenvalue weighted by Crippen LogP contribution is -2.56. The number of carboxylic acid groups (broad SMARTS) is 1. The number of rotatable bonds is 6. The summed E-state index contributed by atoms with van der Waals surface area (Å²) in [5, 5.41) is 14.8. The van der Waals surface area contributed by atoms with Crippen LogP contribution in [0.3, 0.4) is 0 Å². The molecule has 2 aromatic rings. The summed E-state index contributed by atoms with van der Waals surface area (Å²) in [6, 6.07) is 11.2. The second-order valence-corrected chi connectivity index (χ2v) is 7.90. The standard InChI is InChI=1S/C23H22ClN3O5/c1-13-12-27(2)22(31)20(21(13)30)26-23(32)25-18(11-19(28)29)16-7-3-5-14(9-16)15-6-4-8-17(24)10-15/h3-10,12,18,20H,11H2,1-2H3,(H,28,29)(H2,25,26,32). The number of nitrogens with one attached hydrogen (secondary N) is 2. The highest BCUT2D eigenvalue weighted by molar-refractivity contribution is 6.30. The number of hydrogen-bond donors (Lipinski definition) is 3. The number of carbonyl (C=O) groups excluding carboxylic acids is 3. The van der Waals surface area contributed by atoms with E-state index in [1.54, 1.807) is 43.3 Å². The van der Waals surface area contributed by atoms with Crippen LogP contribution in [-0.4, -0.2) is 46.8 Å². The molecule has 0 bridgehead atoms. The fraction of sp³-hybridized carbons (Fsp3) is 0.217. The van der Waals surface area contributed by atoms with E-state index in [9.17, 15) is 24.3 Å². The van der Waals surface area contributed by atoms with Gasteiger partial charge in [0, 0.05) is 23.8 Å². The second kappa shape index (κ2) is 9.65. The normalized spacial score (nSPS) is 16.9. The highest BCUT2D eigenvalue weighted by atomic mass is 35.5. The Balaban J connectivity index is 1.82. The van der Waals surface area contributed by atoms with Crippen molar-refractivity contribution < 1.29 is 24.3 Å². The van der Waals surface area contributed by atoms with Crippen molar-refractivity contribution in [1.82, 2.24) is 15.5 Å². The van der Waals surface area contributed by atoms with Crippen molar-refractivity contribution in [2.24, 2.45) is 0 Å². The van der Waals surface area contributed by atoms with Crippen LogP contribution in [0.5, 0.6) is 0 Å². The first kappa shape index (κ1) is 23.0. The summed E-state index contributed by atoms with van der Waals surface area (Å²) in [5.74, 6) is -2.21. The number of halogens is 1. The predicted molar refractivity (Wildman–Crippen MR) is 119 cm³/mol. The van der Waals surface area contributed by atoms with Gasteiger partial charge in [0.1, 0.15) is 0 Å². The van der Waals surface area contributed by atoms with Crippen molar-refractivity contribution in [1.29, 1.82) is 0 Å². The molecule has 1 heterocycles. The van der Waals surface area contributed by atoms with Gasteiger partial charge >= 0.3 is 12.0 Å². The van der Waals surface area contributed by atoms with E-state index in [2.05, 4.69) is 10.6 Å². The Labute approximate surface area is 189 Å². The minimum absolute atomic E-state index is 0.328. The third kappa shape index (κ3) is 5.33. The Kier molecular flexibility index (Phi) is 6.95. The lowest BCUT2D eigenvalue weighted by atomic mass is 9.98. The monoisotopic (exact) mass is 455 g/mol. The van der Waals surface area contributed by atoms with E-state index in [4.69, 9.17) is 11.6 Å². The summed E-state index contributed by atoms with van der Waals surface area (Å²) < 4.78 is 0. The van der Waals surface area contributed by atoms with E-state index < -0.39 is 42.2 Å². The molecular weight excluding hydrogens is 434 g/mol. The summed E-state index contributed by atoms with van der Waals surface area (Å²) in [6.07, 6.45) is 1.01. The van der Waals surface area contributed by atoms with E-state index in [0.717, 1.165) is 11.1 Å². The molecule has 0 fully saturated rings. The highest BCUT2D eigenvalue weighted by Gasteiger charge is 2.35. The minimum Gasteiger partial charge on any atom is -0.481 e. The van der Waals surface area contributed by atoms with Crippen LogP contribution in [0.4, 0.5) is 4.79 Å². The molecule has 9 heteroatoms. The molecule has 0 aliphatic carbocycles. The molecule has 0 spiro atoms. The summed E-state index contributed by atoms with van der Waals surface area (Å²) in [7, 11) is 1.49. The van der Waals surface area contributed by atoms with Crippen LogP contribution in [0.25, 0.3) is 11.1 Å². The highest BCUT2D eigenvalue weighted by Crippen LogP contribution is 2.27. The number of urea groups is 1. The Morgan fingerprint density at radius 1 is 1.12 bits per heavy atom. The largest absolute Gasteiger partial charge is 0.481 e. The molecule has 2 unspecified atom stereocenters. The van der Waals surface area contributed by atoms with Gasteiger partial charge in [0.15, 0.2) is 11.8 Å². The third-order valence-corrected chi connectivity index (χ3v) is 5.27. The zero-order valence-corrected chi connectivity index (χ0v) is 18.2. The van der Waals surface area contributed by atoms with Gasteiger partial charge in [-0.25, -0.2) is 4.79 Å². The van der Waals surface area contributed by atoms with Gasteiger partial charge in [-0.2, -0.15) is 0 Å². The average Bonchev–Trinajstić information content (AvgIpc) is 2.75. The molecule has 0 saturated heterocycles. The number of aliphatic carboxylic acids is 1. The van der Waals surface area contributed by atoms with E-state index in [0.29, 0.717) is 16.2 Å². The molecule has 2 atom stereocenters. The molecular formula is C23H22ClN3O5. The SMILES string of the molecule is CC1=CN(C)C(=O)C(NC(=O)NC(CC(=O)O)c2cccc(-c3cccc(Cl)c3)c2)C1=O. The molecule has 32 heavy (non-hydrogen) atoms. The van der Waals surface area contributed by atoms with Crippen LogP contribution in [0.15, 0.2) is 60.3 Å². The average molecular weight is 456 g/mol. The van der Waals surface area contributed by atoms with Crippen LogP contribution < -0.4 is 10.6 Å². The second-order valence-electron chi connectivity index (χ2n) is 7.46. The Morgan fingerprint density at radius 2 is 1.78 bits per heavy atom. The van der Waals surface area contributed by atoms with E-state index in [1.807, 2.05) is 12.1 Å². The minimum atomic E-state index is -1.37. The first-order valence-corrected chi connectivity index (χ1v) is 10.2. The quantitative estimate of drug-likeness (QED) is 0.579. The third-order valence-electron chi connectivity index (χ3n) is 5.04. The van der Waals surface area contributed by atoms with Gasteiger partial charge < -0.3 is 20.6 Å². The van der Waals surface area contributed by atoms with Crippen LogP contribution >= 0.6 is 11.6 Å². The molecule has 2 aromatic carbocycles. The van der Waals surface area contributed by atoms with Gasteiger partial charge in [-0.1, -0.05) is 41.9 Å². The lowest BCUT2D eigenvalue weighted by Gasteiger charge is -2.27. The van der Waals surface area contributed by atoms with E-state index in [-0.39, 0.29) is 0 Å². The van der Waals surface area contributed by atoms with Crippen molar-refractivity contribution in [3.8, 4) is 11.1 Å². The number of hydrogen-bond acceptors (Lipinski definition) is 4. The van der Waals surface area contributed by atoms with Gasteiger partial charge in [-0.05, 0) is 41.8 Å². The number of nitrogens with zero attached hydrogens (tertiary/aromatic N) is 1. The zero-order valence-electron chi connectivity index (χ0n) is 17.5. The molecule has 1 aliphatic heterocycles. The number of benzene rings is 2. The van der Waals surface area contributed by atoms with Crippen molar-refractivity contribution in [2.75, 3.05) is 7.05 Å². The Hall–Kier alpha value is -3.65. The maximum Gasteiger partial charge on any atom is 0.316 e.